The molecule has 0 fully saturated rings. The van der Waals surface area contributed by atoms with Crippen molar-refractivity contribution in [1.82, 2.24) is 0 Å². The Kier molecular flexibility index (Phi) is 7.99. The number of esters is 2. The topological polar surface area (TPSA) is 76.1 Å². The van der Waals surface area contributed by atoms with Crippen LogP contribution in [-0.2, 0) is 25.5 Å². The largest absolute Gasteiger partial charge is 0.465 e. The average Bonchev–Trinajstić information content (AvgIpc) is 2.48. The van der Waals surface area contributed by atoms with Crippen LogP contribution in [0.15, 0.2) is 24.3 Å². The molecule has 0 amide bonds. The van der Waals surface area contributed by atoms with E-state index in [0.717, 1.165) is 11.3 Å². The van der Waals surface area contributed by atoms with Crippen molar-refractivity contribution in [1.29, 1.82) is 0 Å². The summed E-state index contributed by atoms with van der Waals surface area (Å²) in [6.07, 6.45) is 0.566. The van der Waals surface area contributed by atoms with Gasteiger partial charge in [-0.15, -0.1) is 0 Å². The Bertz CT molecular complexity index is 452. The number of nitrogens with zero attached hydrogens (tertiary/aromatic N) is 1. The Morgan fingerprint density at radius 2 is 1.50 bits per heavy atom. The summed E-state index contributed by atoms with van der Waals surface area (Å²) < 4.78 is 9.86. The van der Waals surface area contributed by atoms with Crippen LogP contribution in [0.25, 0.3) is 0 Å². The molecule has 1 aromatic carbocycles. The van der Waals surface area contributed by atoms with Crippen molar-refractivity contribution in [3.63, 3.8) is 0 Å². The van der Waals surface area contributed by atoms with E-state index in [1.807, 2.05) is 24.3 Å². The quantitative estimate of drug-likeness (QED) is 0.690. The molecule has 0 spiro atoms. The van der Waals surface area contributed by atoms with E-state index in [1.165, 1.54) is 0 Å². The van der Waals surface area contributed by atoms with E-state index in [2.05, 4.69) is 0 Å². The first-order valence-electron chi connectivity index (χ1n) is 7.36. The van der Waals surface area contributed by atoms with E-state index in [4.69, 9.17) is 14.6 Å². The van der Waals surface area contributed by atoms with Crippen LogP contribution in [0.2, 0.25) is 0 Å². The molecule has 0 radical (unpaired) electrons. The van der Waals surface area contributed by atoms with Gasteiger partial charge >= 0.3 is 11.9 Å². The Morgan fingerprint density at radius 3 is 1.91 bits per heavy atom. The number of benzene rings is 1. The molecule has 0 aliphatic rings. The second-order valence-corrected chi connectivity index (χ2v) is 4.61. The fourth-order valence-electron chi connectivity index (χ4n) is 1.97. The van der Waals surface area contributed by atoms with Gasteiger partial charge in [0.15, 0.2) is 0 Å². The number of anilines is 1. The molecule has 1 rings (SSSR count). The Morgan fingerprint density at radius 1 is 1.00 bits per heavy atom. The molecular formula is C16H23NO5. The molecule has 6 nitrogen and oxygen atoms in total. The molecule has 0 bridgehead atoms. The summed E-state index contributed by atoms with van der Waals surface area (Å²) in [4.78, 5) is 25.0. The number of rotatable bonds is 9. The number of aliphatic hydroxyl groups excluding tert-OH is 1. The van der Waals surface area contributed by atoms with Gasteiger partial charge in [0, 0.05) is 12.3 Å². The van der Waals surface area contributed by atoms with Gasteiger partial charge in [0.05, 0.1) is 13.2 Å². The van der Waals surface area contributed by atoms with E-state index in [-0.39, 0.29) is 19.7 Å². The van der Waals surface area contributed by atoms with Gasteiger partial charge in [-0.1, -0.05) is 12.1 Å². The fraction of sp³-hybridized carbons (Fsp3) is 0.500. The smallest absolute Gasteiger partial charge is 0.325 e. The highest BCUT2D eigenvalue weighted by Gasteiger charge is 2.16. The summed E-state index contributed by atoms with van der Waals surface area (Å²) in [5, 5.41) is 8.92. The second kappa shape index (κ2) is 9.78. The van der Waals surface area contributed by atoms with E-state index < -0.39 is 11.9 Å². The first-order chi connectivity index (χ1) is 10.6. The molecule has 0 atom stereocenters. The van der Waals surface area contributed by atoms with Crippen LogP contribution >= 0.6 is 0 Å². The van der Waals surface area contributed by atoms with Gasteiger partial charge in [-0.05, 0) is 38.0 Å². The second-order valence-electron chi connectivity index (χ2n) is 4.61. The molecule has 22 heavy (non-hydrogen) atoms. The van der Waals surface area contributed by atoms with Crippen molar-refractivity contribution in [2.45, 2.75) is 20.3 Å². The molecule has 0 saturated heterocycles. The molecule has 0 unspecified atom stereocenters. The Balaban J connectivity index is 2.82. The summed E-state index contributed by atoms with van der Waals surface area (Å²) in [7, 11) is 0. The highest BCUT2D eigenvalue weighted by atomic mass is 16.5. The van der Waals surface area contributed by atoms with Gasteiger partial charge in [-0.2, -0.15) is 0 Å². The SMILES string of the molecule is CCOC(=O)CN(CC(=O)OCC)c1ccc(CCO)cc1. The molecule has 0 saturated carbocycles. The number of hydrogen-bond donors (Lipinski definition) is 1. The maximum atomic E-state index is 11.7. The fourth-order valence-corrected chi connectivity index (χ4v) is 1.97. The first kappa shape index (κ1) is 18.0. The van der Waals surface area contributed by atoms with Gasteiger partial charge < -0.3 is 19.5 Å². The summed E-state index contributed by atoms with van der Waals surface area (Å²) in [6.45, 7) is 4.09. The molecule has 0 aliphatic carbocycles. The van der Waals surface area contributed by atoms with E-state index in [1.54, 1.807) is 18.7 Å². The normalized spacial score (nSPS) is 10.1. The molecule has 122 valence electrons. The number of ether oxygens (including phenoxy) is 2. The van der Waals surface area contributed by atoms with Gasteiger partial charge in [-0.25, -0.2) is 0 Å². The third kappa shape index (κ3) is 6.13. The maximum absolute atomic E-state index is 11.7. The zero-order chi connectivity index (χ0) is 16.4. The average molecular weight is 309 g/mol. The number of aliphatic hydroxyl groups is 1. The van der Waals surface area contributed by atoms with E-state index >= 15 is 0 Å². The van der Waals surface area contributed by atoms with Crippen LogP contribution in [0, 0.1) is 0 Å². The van der Waals surface area contributed by atoms with Crippen molar-refractivity contribution in [3.05, 3.63) is 29.8 Å². The lowest BCUT2D eigenvalue weighted by Crippen LogP contribution is -2.36. The van der Waals surface area contributed by atoms with Crippen molar-refractivity contribution in [3.8, 4) is 0 Å². The third-order valence-electron chi connectivity index (χ3n) is 2.95. The predicted molar refractivity (Wildman–Crippen MR) is 82.7 cm³/mol. The molecule has 1 aromatic rings. The van der Waals surface area contributed by atoms with Crippen molar-refractivity contribution in [2.75, 3.05) is 37.8 Å². The zero-order valence-corrected chi connectivity index (χ0v) is 13.1. The lowest BCUT2D eigenvalue weighted by atomic mass is 10.1. The minimum absolute atomic E-state index is 0.0218. The summed E-state index contributed by atoms with van der Waals surface area (Å²) in [5.74, 6) is -0.794. The van der Waals surface area contributed by atoms with Crippen LogP contribution in [0.5, 0.6) is 0 Å². The molecule has 0 heterocycles. The van der Waals surface area contributed by atoms with Gasteiger partial charge in [0.2, 0.25) is 0 Å². The summed E-state index contributed by atoms with van der Waals surface area (Å²) >= 11 is 0. The summed E-state index contributed by atoms with van der Waals surface area (Å²) in [5.41, 5.74) is 1.71. The third-order valence-corrected chi connectivity index (χ3v) is 2.95. The molecule has 0 aliphatic heterocycles. The molecule has 1 N–H and O–H groups in total. The van der Waals surface area contributed by atoms with Crippen molar-refractivity contribution in [2.24, 2.45) is 0 Å². The molecular weight excluding hydrogens is 286 g/mol. The van der Waals surface area contributed by atoms with Crippen LogP contribution < -0.4 is 4.90 Å². The maximum Gasteiger partial charge on any atom is 0.325 e. The van der Waals surface area contributed by atoms with Crippen LogP contribution in [-0.4, -0.2) is 50.0 Å². The minimum atomic E-state index is -0.397. The first-order valence-corrected chi connectivity index (χ1v) is 7.36. The lowest BCUT2D eigenvalue weighted by Gasteiger charge is -2.23. The highest BCUT2D eigenvalue weighted by molar-refractivity contribution is 5.81. The Labute approximate surface area is 130 Å². The van der Waals surface area contributed by atoms with Crippen LogP contribution in [0.4, 0.5) is 5.69 Å². The van der Waals surface area contributed by atoms with Crippen LogP contribution in [0.1, 0.15) is 19.4 Å². The number of hydrogen-bond acceptors (Lipinski definition) is 6. The van der Waals surface area contributed by atoms with E-state index in [0.29, 0.717) is 19.6 Å². The van der Waals surface area contributed by atoms with Crippen molar-refractivity contribution >= 4 is 17.6 Å². The standard InChI is InChI=1S/C16H23NO5/c1-3-21-15(19)11-17(12-16(20)22-4-2)14-7-5-13(6-8-14)9-10-18/h5-8,18H,3-4,9-12H2,1-2H3. The molecule has 6 heteroatoms. The molecule has 0 aromatic heterocycles. The van der Waals surface area contributed by atoms with Gasteiger partial charge in [0.1, 0.15) is 13.1 Å². The van der Waals surface area contributed by atoms with Crippen molar-refractivity contribution < 1.29 is 24.2 Å². The van der Waals surface area contributed by atoms with Crippen LogP contribution in [0.3, 0.4) is 0 Å². The van der Waals surface area contributed by atoms with Gasteiger partial charge in [-0.3, -0.25) is 9.59 Å². The minimum Gasteiger partial charge on any atom is -0.465 e. The monoisotopic (exact) mass is 309 g/mol. The van der Waals surface area contributed by atoms with Gasteiger partial charge in [0.25, 0.3) is 0 Å². The zero-order valence-electron chi connectivity index (χ0n) is 13.1. The lowest BCUT2D eigenvalue weighted by molar-refractivity contribution is -0.142. The number of carbonyl (C=O) groups is 2. The predicted octanol–water partition coefficient (Wildman–Crippen LogP) is 1.15. The summed E-state index contributed by atoms with van der Waals surface area (Å²) in [6, 6.07) is 7.33. The van der Waals surface area contributed by atoms with E-state index in [9.17, 15) is 9.59 Å². The highest BCUT2D eigenvalue weighted by Crippen LogP contribution is 2.16. The Hall–Kier alpha value is -2.08. The number of carbonyl (C=O) groups excluding carboxylic acids is 2.